The maximum absolute atomic E-state index is 14.4. The standard InChI is InChI=1S/C32H41FN6O2/c1-30(20-34)8-3-12-38(14-11-30)28-25-19-41-32(10-2-5-22-6-7-24(35)15-26(22)32)17-27(25)36-29(37-28)40-21-31-9-4-13-39(31)18-23(33)16-31/h6-7,15,23H,2-5,8-14,16-19,21,35H2,1H3/t23-,30+,31+,32+/m1/s1. The third-order valence-electron chi connectivity index (χ3n) is 10.5. The second-order valence-corrected chi connectivity index (χ2v) is 13.4. The monoisotopic (exact) mass is 560 g/mol. The molecule has 3 fully saturated rings. The lowest BCUT2D eigenvalue weighted by atomic mass is 9.74. The number of ether oxygens (including phenoxy) is 2. The van der Waals surface area contributed by atoms with Crippen molar-refractivity contribution in [2.45, 2.75) is 95.1 Å². The molecule has 5 heterocycles. The molecule has 7 rings (SSSR count). The van der Waals surface area contributed by atoms with E-state index in [0.717, 1.165) is 93.8 Å². The van der Waals surface area contributed by atoms with Gasteiger partial charge in [0.25, 0.3) is 0 Å². The lowest BCUT2D eigenvalue weighted by Gasteiger charge is -2.43. The average molecular weight is 561 g/mol. The topological polar surface area (TPSA) is 101 Å². The largest absolute Gasteiger partial charge is 0.461 e. The SMILES string of the molecule is C[C@]1(C#N)CCCN(c2nc(OC[C@@]34CCCN3C[C@H](F)C4)nc3c2CO[C@@]2(CCCc4ccc(N)cc42)C3)CC1. The lowest BCUT2D eigenvalue weighted by Crippen LogP contribution is -2.44. The van der Waals surface area contributed by atoms with Gasteiger partial charge in [-0.15, -0.1) is 0 Å². The number of hydrogen-bond donors (Lipinski definition) is 1. The van der Waals surface area contributed by atoms with E-state index in [1.165, 1.54) is 11.1 Å². The van der Waals surface area contributed by atoms with Gasteiger partial charge in [-0.1, -0.05) is 6.07 Å². The molecule has 1 spiro atoms. The van der Waals surface area contributed by atoms with Gasteiger partial charge in [0.2, 0.25) is 0 Å². The van der Waals surface area contributed by atoms with Gasteiger partial charge in [0.15, 0.2) is 0 Å². The molecule has 5 aliphatic rings. The molecule has 0 unspecified atom stereocenters. The molecule has 9 heteroatoms. The molecule has 1 aliphatic carbocycles. The molecule has 1 aromatic heterocycles. The summed E-state index contributed by atoms with van der Waals surface area (Å²) in [5, 5.41) is 9.80. The summed E-state index contributed by atoms with van der Waals surface area (Å²) in [5.74, 6) is 0.862. The van der Waals surface area contributed by atoms with E-state index in [9.17, 15) is 9.65 Å². The highest BCUT2D eigenvalue weighted by molar-refractivity contribution is 5.54. The van der Waals surface area contributed by atoms with Crippen LogP contribution < -0.4 is 15.4 Å². The van der Waals surface area contributed by atoms with Crippen molar-refractivity contribution in [3.8, 4) is 12.1 Å². The van der Waals surface area contributed by atoms with E-state index in [2.05, 4.69) is 34.9 Å². The predicted octanol–water partition coefficient (Wildman–Crippen LogP) is 4.84. The fourth-order valence-electron chi connectivity index (χ4n) is 8.17. The van der Waals surface area contributed by atoms with Crippen LogP contribution in [0.5, 0.6) is 6.01 Å². The highest BCUT2D eigenvalue weighted by Crippen LogP contribution is 2.47. The van der Waals surface area contributed by atoms with Gasteiger partial charge in [0.05, 0.1) is 34.9 Å². The number of fused-ring (bicyclic) bond motifs is 4. The van der Waals surface area contributed by atoms with Gasteiger partial charge in [0, 0.05) is 43.7 Å². The van der Waals surface area contributed by atoms with Crippen LogP contribution in [0.3, 0.4) is 0 Å². The van der Waals surface area contributed by atoms with Gasteiger partial charge < -0.3 is 20.1 Å². The maximum Gasteiger partial charge on any atom is 0.318 e. The number of nitrogens with two attached hydrogens (primary N) is 1. The first kappa shape index (κ1) is 26.9. The zero-order valence-corrected chi connectivity index (χ0v) is 24.1. The molecule has 218 valence electrons. The zero-order valence-electron chi connectivity index (χ0n) is 24.1. The van der Waals surface area contributed by atoms with Gasteiger partial charge in [0.1, 0.15) is 18.6 Å². The van der Waals surface area contributed by atoms with Crippen LogP contribution in [0.15, 0.2) is 18.2 Å². The number of nitriles is 1. The molecular formula is C32H41FN6O2. The molecule has 4 aliphatic heterocycles. The number of alkyl halides is 1. The first-order valence-electron chi connectivity index (χ1n) is 15.4. The van der Waals surface area contributed by atoms with E-state index in [1.54, 1.807) is 0 Å². The van der Waals surface area contributed by atoms with Crippen LogP contribution in [0, 0.1) is 16.7 Å². The molecule has 2 aromatic rings. The van der Waals surface area contributed by atoms with Crippen LogP contribution in [0.2, 0.25) is 0 Å². The van der Waals surface area contributed by atoms with E-state index in [-0.39, 0.29) is 11.0 Å². The Hall–Kier alpha value is -2.96. The molecule has 2 N–H and O–H groups in total. The predicted molar refractivity (Wildman–Crippen MR) is 154 cm³/mol. The summed E-state index contributed by atoms with van der Waals surface area (Å²) in [7, 11) is 0. The number of nitrogen functional groups attached to an aromatic ring is 1. The van der Waals surface area contributed by atoms with Crippen molar-refractivity contribution < 1.29 is 13.9 Å². The van der Waals surface area contributed by atoms with Crippen LogP contribution in [0.25, 0.3) is 0 Å². The molecule has 0 radical (unpaired) electrons. The van der Waals surface area contributed by atoms with Gasteiger partial charge in [-0.3, -0.25) is 4.90 Å². The summed E-state index contributed by atoms with van der Waals surface area (Å²) in [6.07, 6.45) is 7.93. The first-order valence-corrected chi connectivity index (χ1v) is 15.4. The highest BCUT2D eigenvalue weighted by atomic mass is 19.1. The quantitative estimate of drug-likeness (QED) is 0.531. The van der Waals surface area contributed by atoms with Crippen LogP contribution in [0.4, 0.5) is 15.9 Å². The molecule has 4 atom stereocenters. The molecular weight excluding hydrogens is 519 g/mol. The Labute approximate surface area is 242 Å². The van der Waals surface area contributed by atoms with Gasteiger partial charge in [-0.25, -0.2) is 4.39 Å². The van der Waals surface area contributed by atoms with Crippen molar-refractivity contribution in [2.75, 3.05) is 43.4 Å². The molecule has 41 heavy (non-hydrogen) atoms. The first-order chi connectivity index (χ1) is 19.8. The summed E-state index contributed by atoms with van der Waals surface area (Å²) in [4.78, 5) is 14.6. The van der Waals surface area contributed by atoms with E-state index < -0.39 is 11.8 Å². The van der Waals surface area contributed by atoms with Gasteiger partial charge in [-0.05, 0) is 88.1 Å². The van der Waals surface area contributed by atoms with Gasteiger partial charge in [-0.2, -0.15) is 15.2 Å². The van der Waals surface area contributed by atoms with Gasteiger partial charge >= 0.3 is 6.01 Å². The number of hydrogen-bond acceptors (Lipinski definition) is 8. The zero-order chi connectivity index (χ0) is 28.2. The molecule has 0 amide bonds. The summed E-state index contributed by atoms with van der Waals surface area (Å²) in [6.45, 7) is 5.88. The lowest BCUT2D eigenvalue weighted by molar-refractivity contribution is -0.0855. The third kappa shape index (κ3) is 4.73. The smallest absolute Gasteiger partial charge is 0.318 e. The maximum atomic E-state index is 14.4. The van der Waals surface area contributed by atoms with Crippen molar-refractivity contribution >= 4 is 11.5 Å². The van der Waals surface area contributed by atoms with Crippen molar-refractivity contribution in [1.82, 2.24) is 14.9 Å². The van der Waals surface area contributed by atoms with E-state index in [4.69, 9.17) is 25.2 Å². The molecule has 0 saturated carbocycles. The van der Waals surface area contributed by atoms with E-state index >= 15 is 0 Å². The Morgan fingerprint density at radius 3 is 2.90 bits per heavy atom. The van der Waals surface area contributed by atoms with Crippen LogP contribution in [-0.4, -0.2) is 59.4 Å². The summed E-state index contributed by atoms with van der Waals surface area (Å²) in [6, 6.07) is 9.11. The minimum Gasteiger partial charge on any atom is -0.461 e. The Morgan fingerprint density at radius 2 is 2.02 bits per heavy atom. The second-order valence-electron chi connectivity index (χ2n) is 13.4. The fraction of sp³-hybridized carbons (Fsp3) is 0.656. The number of nitrogens with zero attached hydrogens (tertiary/aromatic N) is 5. The second kappa shape index (κ2) is 10.1. The Bertz CT molecular complexity index is 1380. The average Bonchev–Trinajstić information content (AvgIpc) is 3.41. The number of aryl methyl sites for hydroxylation is 1. The van der Waals surface area contributed by atoms with Crippen molar-refractivity contribution in [2.24, 2.45) is 5.41 Å². The Balaban J connectivity index is 1.24. The molecule has 0 bridgehead atoms. The number of rotatable bonds is 4. The molecule has 1 aromatic carbocycles. The van der Waals surface area contributed by atoms with Crippen LogP contribution in [-0.2, 0) is 29.8 Å². The van der Waals surface area contributed by atoms with Crippen molar-refractivity contribution in [3.63, 3.8) is 0 Å². The Kier molecular flexibility index (Phi) is 6.62. The van der Waals surface area contributed by atoms with E-state index in [1.807, 2.05) is 6.07 Å². The molecule has 3 saturated heterocycles. The Morgan fingerprint density at radius 1 is 1.15 bits per heavy atom. The van der Waals surface area contributed by atoms with Crippen molar-refractivity contribution in [1.29, 1.82) is 5.26 Å². The van der Waals surface area contributed by atoms with E-state index in [0.29, 0.717) is 38.6 Å². The highest BCUT2D eigenvalue weighted by Gasteiger charge is 2.50. The fourth-order valence-corrected chi connectivity index (χ4v) is 8.17. The minimum absolute atomic E-state index is 0.264. The summed E-state index contributed by atoms with van der Waals surface area (Å²) < 4.78 is 27.7. The normalized spacial score (nSPS) is 33.1. The number of halogens is 1. The number of benzene rings is 1. The van der Waals surface area contributed by atoms with Crippen LogP contribution in [0.1, 0.15) is 80.7 Å². The number of aromatic nitrogens is 2. The number of anilines is 2. The summed E-state index contributed by atoms with van der Waals surface area (Å²) in [5.41, 5.74) is 10.4. The summed E-state index contributed by atoms with van der Waals surface area (Å²) >= 11 is 0. The third-order valence-corrected chi connectivity index (χ3v) is 10.5. The van der Waals surface area contributed by atoms with Crippen LogP contribution >= 0.6 is 0 Å². The minimum atomic E-state index is -0.804. The van der Waals surface area contributed by atoms with Crippen molar-refractivity contribution in [3.05, 3.63) is 40.6 Å². The molecule has 8 nitrogen and oxygen atoms in total.